The molecule has 6 nitrogen and oxygen atoms in total. The Morgan fingerprint density at radius 3 is 2.55 bits per heavy atom. The van der Waals surface area contributed by atoms with E-state index in [-0.39, 0.29) is 12.1 Å². The molecule has 31 heavy (non-hydrogen) atoms. The molecule has 0 radical (unpaired) electrons. The highest BCUT2D eigenvalue weighted by molar-refractivity contribution is 7.88. The lowest BCUT2D eigenvalue weighted by Gasteiger charge is -2.37. The molecule has 164 valence electrons. The lowest BCUT2D eigenvalue weighted by atomic mass is 9.99. The lowest BCUT2D eigenvalue weighted by molar-refractivity contribution is 0.207. The van der Waals surface area contributed by atoms with Crippen molar-refractivity contribution in [3.05, 3.63) is 53.1 Å². The second kappa shape index (κ2) is 8.33. The van der Waals surface area contributed by atoms with Crippen molar-refractivity contribution in [3.8, 4) is 10.9 Å². The molecule has 0 saturated carbocycles. The van der Waals surface area contributed by atoms with Gasteiger partial charge >= 0.3 is 0 Å². The molecule has 3 heterocycles. The Bertz CT molecular complexity index is 1180. The largest absolute Gasteiger partial charge is 0.431 e. The molecule has 2 unspecified atom stereocenters. The van der Waals surface area contributed by atoms with Crippen LogP contribution in [-0.2, 0) is 16.6 Å². The van der Waals surface area contributed by atoms with Crippen molar-refractivity contribution in [1.29, 1.82) is 0 Å². The summed E-state index contributed by atoms with van der Waals surface area (Å²) in [7, 11) is -3.11. The Labute approximate surface area is 191 Å². The van der Waals surface area contributed by atoms with Crippen molar-refractivity contribution >= 4 is 43.2 Å². The van der Waals surface area contributed by atoms with Crippen LogP contribution in [0.3, 0.4) is 0 Å². The Morgan fingerprint density at radius 2 is 1.87 bits per heavy atom. The van der Waals surface area contributed by atoms with Crippen molar-refractivity contribution in [3.63, 3.8) is 0 Å². The van der Waals surface area contributed by atoms with E-state index in [0.29, 0.717) is 16.3 Å². The van der Waals surface area contributed by atoms with E-state index in [1.807, 2.05) is 42.5 Å². The smallest absolute Gasteiger partial charge is 0.279 e. The Kier molecular flexibility index (Phi) is 5.68. The second-order valence-electron chi connectivity index (χ2n) is 8.36. The molecule has 1 aromatic heterocycles. The average molecular weight is 478 g/mol. The van der Waals surface area contributed by atoms with Gasteiger partial charge in [0.05, 0.1) is 16.5 Å². The van der Waals surface area contributed by atoms with Gasteiger partial charge in [-0.2, -0.15) is 4.31 Å². The van der Waals surface area contributed by atoms with Crippen LogP contribution in [-0.4, -0.2) is 42.1 Å². The van der Waals surface area contributed by atoms with Gasteiger partial charge in [0.25, 0.3) is 5.19 Å². The van der Waals surface area contributed by atoms with Crippen LogP contribution >= 0.6 is 22.9 Å². The number of sulfonamides is 1. The summed E-state index contributed by atoms with van der Waals surface area (Å²) in [5.41, 5.74) is 2.04. The molecule has 5 rings (SSSR count). The topological polar surface area (TPSA) is 71.5 Å². The van der Waals surface area contributed by atoms with E-state index >= 15 is 0 Å². The molecule has 2 aliphatic rings. The summed E-state index contributed by atoms with van der Waals surface area (Å²) in [6, 6.07) is 14.2. The highest BCUT2D eigenvalue weighted by atomic mass is 35.5. The van der Waals surface area contributed by atoms with Gasteiger partial charge in [0, 0.05) is 29.7 Å². The number of aromatic nitrogens is 1. The minimum Gasteiger partial charge on any atom is -0.431 e. The Hall–Kier alpha value is -1.71. The second-order valence-corrected chi connectivity index (χ2v) is 11.7. The SMILES string of the molecule is CS(=O)(=O)N1C2CC[C@H]1CC(NCc1ccc(Oc3nc4ccc(Cl)cc4s3)cc1)C2. The summed E-state index contributed by atoms with van der Waals surface area (Å²) in [4.78, 5) is 4.49. The zero-order valence-corrected chi connectivity index (χ0v) is 19.5. The standard InChI is InChI=1S/C22H24ClN3O3S2/c1-31(27,28)26-17-5-6-18(26)12-16(11-17)24-13-14-2-7-19(8-3-14)29-22-25-20-9-4-15(23)10-21(20)30-22/h2-4,7-10,16-18,24H,5-6,11-13H2,1H3/t16?,17-,18?/m0/s1. The van der Waals surface area contributed by atoms with E-state index in [9.17, 15) is 8.42 Å². The van der Waals surface area contributed by atoms with Crippen LogP contribution in [0.1, 0.15) is 31.2 Å². The van der Waals surface area contributed by atoms with Crippen LogP contribution in [0, 0.1) is 0 Å². The first-order valence-corrected chi connectivity index (χ1v) is 13.4. The summed E-state index contributed by atoms with van der Waals surface area (Å²) in [6.45, 7) is 0.753. The van der Waals surface area contributed by atoms with E-state index in [1.165, 1.54) is 23.2 Å². The van der Waals surface area contributed by atoms with Crippen LogP contribution in [0.2, 0.25) is 5.02 Å². The van der Waals surface area contributed by atoms with Crippen molar-refractivity contribution < 1.29 is 13.2 Å². The maximum atomic E-state index is 12.0. The van der Waals surface area contributed by atoms with Crippen LogP contribution in [0.25, 0.3) is 10.2 Å². The zero-order valence-electron chi connectivity index (χ0n) is 17.1. The number of nitrogens with zero attached hydrogens (tertiary/aromatic N) is 2. The first kappa shape index (κ1) is 21.2. The lowest BCUT2D eigenvalue weighted by Crippen LogP contribution is -2.50. The molecule has 2 aromatic carbocycles. The van der Waals surface area contributed by atoms with Crippen LogP contribution in [0.5, 0.6) is 10.9 Å². The van der Waals surface area contributed by atoms with Gasteiger partial charge in [-0.15, -0.1) is 0 Å². The number of benzene rings is 2. The fourth-order valence-corrected chi connectivity index (χ4v) is 7.38. The quantitative estimate of drug-likeness (QED) is 0.552. The van der Waals surface area contributed by atoms with Gasteiger partial charge in [-0.25, -0.2) is 13.4 Å². The monoisotopic (exact) mass is 477 g/mol. The number of fused-ring (bicyclic) bond motifs is 3. The predicted octanol–water partition coefficient (Wildman–Crippen LogP) is 4.79. The third kappa shape index (κ3) is 4.59. The summed E-state index contributed by atoms with van der Waals surface area (Å²) < 4.78 is 32.7. The third-order valence-electron chi connectivity index (χ3n) is 6.10. The van der Waals surface area contributed by atoms with Gasteiger partial charge in [-0.3, -0.25) is 0 Å². The summed E-state index contributed by atoms with van der Waals surface area (Å²) >= 11 is 7.51. The van der Waals surface area contributed by atoms with Gasteiger partial charge in [-0.1, -0.05) is 35.1 Å². The maximum absolute atomic E-state index is 12.0. The molecular formula is C22H24ClN3O3S2. The molecule has 1 N–H and O–H groups in total. The highest BCUT2D eigenvalue weighted by Gasteiger charge is 2.44. The molecule has 0 aliphatic carbocycles. The average Bonchev–Trinajstić information content (AvgIpc) is 3.24. The summed E-state index contributed by atoms with van der Waals surface area (Å²) in [5, 5.41) is 4.90. The maximum Gasteiger partial charge on any atom is 0.279 e. The molecule has 2 saturated heterocycles. The van der Waals surface area contributed by atoms with Gasteiger partial charge in [-0.05, 0) is 61.6 Å². The van der Waals surface area contributed by atoms with Crippen molar-refractivity contribution in [2.24, 2.45) is 0 Å². The number of ether oxygens (including phenoxy) is 1. The van der Waals surface area contributed by atoms with Gasteiger partial charge in [0.1, 0.15) is 5.75 Å². The van der Waals surface area contributed by atoms with E-state index in [2.05, 4.69) is 10.3 Å². The molecule has 2 fully saturated rings. The van der Waals surface area contributed by atoms with Crippen molar-refractivity contribution in [2.45, 2.75) is 50.4 Å². The first-order chi connectivity index (χ1) is 14.8. The van der Waals surface area contributed by atoms with Crippen LogP contribution in [0.4, 0.5) is 0 Å². The molecule has 2 aliphatic heterocycles. The van der Waals surface area contributed by atoms with Crippen LogP contribution < -0.4 is 10.1 Å². The normalized spacial score (nSPS) is 24.0. The number of halogens is 1. The van der Waals surface area contributed by atoms with E-state index in [1.54, 1.807) is 4.31 Å². The van der Waals surface area contributed by atoms with Crippen LogP contribution in [0.15, 0.2) is 42.5 Å². The Morgan fingerprint density at radius 1 is 1.16 bits per heavy atom. The number of thiazole rings is 1. The number of hydrogen-bond acceptors (Lipinski definition) is 6. The molecule has 3 atom stereocenters. The number of nitrogens with one attached hydrogen (secondary N) is 1. The molecule has 3 aromatic rings. The number of rotatable bonds is 6. The van der Waals surface area contributed by atoms with Gasteiger partial charge in [0.15, 0.2) is 0 Å². The minimum absolute atomic E-state index is 0.144. The fourth-order valence-electron chi connectivity index (χ4n) is 4.80. The molecular weight excluding hydrogens is 454 g/mol. The van der Waals surface area contributed by atoms with Gasteiger partial charge < -0.3 is 10.1 Å². The molecule has 9 heteroatoms. The third-order valence-corrected chi connectivity index (χ3v) is 8.60. The fraction of sp³-hybridized carbons (Fsp3) is 0.409. The highest BCUT2D eigenvalue weighted by Crippen LogP contribution is 2.37. The van der Waals surface area contributed by atoms with Crippen molar-refractivity contribution in [2.75, 3.05) is 6.26 Å². The first-order valence-electron chi connectivity index (χ1n) is 10.4. The van der Waals surface area contributed by atoms with E-state index in [4.69, 9.17) is 16.3 Å². The van der Waals surface area contributed by atoms with Gasteiger partial charge in [0.2, 0.25) is 10.0 Å². The molecule has 0 spiro atoms. The molecule has 0 amide bonds. The summed E-state index contributed by atoms with van der Waals surface area (Å²) in [5.74, 6) is 0.744. The number of hydrogen-bond donors (Lipinski definition) is 1. The number of piperidine rings is 1. The van der Waals surface area contributed by atoms with E-state index in [0.717, 1.165) is 48.2 Å². The predicted molar refractivity (Wildman–Crippen MR) is 125 cm³/mol. The summed E-state index contributed by atoms with van der Waals surface area (Å²) in [6.07, 6.45) is 5.04. The minimum atomic E-state index is -3.11. The zero-order chi connectivity index (χ0) is 21.6. The molecule has 2 bridgehead atoms. The van der Waals surface area contributed by atoms with E-state index < -0.39 is 10.0 Å². The Balaban J connectivity index is 1.17. The van der Waals surface area contributed by atoms with Crippen molar-refractivity contribution in [1.82, 2.24) is 14.6 Å².